The first-order valence-electron chi connectivity index (χ1n) is 6.22. The molecule has 1 fully saturated rings. The minimum atomic E-state index is -3.83. The molecule has 0 spiro atoms. The van der Waals surface area contributed by atoms with E-state index in [0.29, 0.717) is 12.0 Å². The van der Waals surface area contributed by atoms with Crippen LogP contribution >= 0.6 is 11.6 Å². The molecule has 2 N–H and O–H groups in total. The second-order valence-electron chi connectivity index (χ2n) is 5.41. The molecule has 7 heteroatoms. The van der Waals surface area contributed by atoms with Gasteiger partial charge in [-0.25, -0.2) is 8.42 Å². The van der Waals surface area contributed by atoms with Crippen LogP contribution in [0.2, 0.25) is 0 Å². The number of β-lactam (4-membered cyclic amide) rings is 1. The van der Waals surface area contributed by atoms with Crippen molar-refractivity contribution < 1.29 is 18.3 Å². The summed E-state index contributed by atoms with van der Waals surface area (Å²) >= 11 is 5.70. The Morgan fingerprint density at radius 3 is 2.47 bits per heavy atom. The van der Waals surface area contributed by atoms with Crippen LogP contribution in [0.1, 0.15) is 27.2 Å². The van der Waals surface area contributed by atoms with E-state index in [1.165, 1.54) is 6.92 Å². The van der Waals surface area contributed by atoms with Crippen LogP contribution in [0.15, 0.2) is 10.5 Å². The van der Waals surface area contributed by atoms with Gasteiger partial charge in [0.25, 0.3) is 0 Å². The topological polar surface area (TPSA) is 83.5 Å². The number of halogens is 1. The van der Waals surface area contributed by atoms with E-state index < -0.39 is 32.6 Å². The predicted octanol–water partition coefficient (Wildman–Crippen LogP) is 0.572. The van der Waals surface area contributed by atoms with Crippen molar-refractivity contribution in [3.05, 3.63) is 10.5 Å². The number of aliphatic hydroxyl groups is 1. The molecule has 0 aromatic heterocycles. The number of aliphatic hydroxyl groups excluding tert-OH is 1. The molecular weight excluding hydrogens is 290 g/mol. The zero-order valence-electron chi connectivity index (χ0n) is 11.1. The Hall–Kier alpha value is -0.590. The zero-order valence-corrected chi connectivity index (χ0v) is 12.7. The summed E-state index contributed by atoms with van der Waals surface area (Å²) < 4.78 is 23.4. The fraction of sp³-hybridized carbons (Fsp3) is 0.750. The molecular formula is C12H18ClNO4S. The monoisotopic (exact) mass is 307 g/mol. The van der Waals surface area contributed by atoms with Crippen LogP contribution in [0.4, 0.5) is 0 Å². The van der Waals surface area contributed by atoms with Gasteiger partial charge in [-0.05, 0) is 24.8 Å². The van der Waals surface area contributed by atoms with Crippen molar-refractivity contribution >= 4 is 27.3 Å². The Balaban J connectivity index is 2.59. The van der Waals surface area contributed by atoms with Gasteiger partial charge in [0.2, 0.25) is 10.7 Å². The molecule has 0 unspecified atom stereocenters. The average molecular weight is 308 g/mol. The van der Waals surface area contributed by atoms with Gasteiger partial charge in [0.15, 0.2) is 9.84 Å². The van der Waals surface area contributed by atoms with Crippen molar-refractivity contribution in [1.29, 1.82) is 0 Å². The third kappa shape index (κ3) is 1.56. The van der Waals surface area contributed by atoms with Crippen molar-refractivity contribution in [3.8, 4) is 0 Å². The van der Waals surface area contributed by atoms with Crippen molar-refractivity contribution in [2.24, 2.45) is 5.92 Å². The highest BCUT2D eigenvalue weighted by molar-refractivity contribution is 7.98. The fourth-order valence-corrected chi connectivity index (χ4v) is 5.72. The Bertz CT molecular complexity index is 554. The van der Waals surface area contributed by atoms with Crippen molar-refractivity contribution in [3.63, 3.8) is 0 Å². The summed E-state index contributed by atoms with van der Waals surface area (Å²) in [5.74, 6) is -0.656. The number of fused-ring (bicyclic) bond motifs is 1. The molecule has 1 saturated heterocycles. The minimum Gasteiger partial charge on any atom is -0.391 e. The number of rotatable bonds is 4. The lowest BCUT2D eigenvalue weighted by Gasteiger charge is -2.47. The summed E-state index contributed by atoms with van der Waals surface area (Å²) in [6.45, 7) is 4.89. The average Bonchev–Trinajstić information content (AvgIpc) is 2.43. The Kier molecular flexibility index (Phi) is 3.48. The van der Waals surface area contributed by atoms with E-state index in [-0.39, 0.29) is 16.7 Å². The van der Waals surface area contributed by atoms with E-state index in [1.807, 2.05) is 0 Å². The predicted molar refractivity (Wildman–Crippen MR) is 72.5 cm³/mol. The van der Waals surface area contributed by atoms with Crippen LogP contribution in [0.25, 0.3) is 0 Å². The van der Waals surface area contributed by atoms with Crippen LogP contribution in [0.3, 0.4) is 0 Å². The van der Waals surface area contributed by atoms with Crippen molar-refractivity contribution in [2.45, 2.75) is 44.1 Å². The molecule has 2 rings (SSSR count). The van der Waals surface area contributed by atoms with Crippen molar-refractivity contribution in [2.75, 3.05) is 5.88 Å². The fourth-order valence-electron chi connectivity index (χ4n) is 3.04. The maximum Gasteiger partial charge on any atom is 0.247 e. The summed E-state index contributed by atoms with van der Waals surface area (Å²) in [6, 6.07) is -0.638. The summed E-state index contributed by atoms with van der Waals surface area (Å²) in [5.41, 5.74) is 0.620. The van der Waals surface area contributed by atoms with Crippen LogP contribution in [-0.4, -0.2) is 42.2 Å². The first kappa shape index (κ1) is 14.8. The molecule has 3 atom stereocenters. The molecule has 0 aliphatic carbocycles. The summed E-state index contributed by atoms with van der Waals surface area (Å²) in [7, 11) is -3.83. The number of hydrogen-bond donors (Lipinski definition) is 2. The van der Waals surface area contributed by atoms with E-state index in [0.717, 1.165) is 0 Å². The molecule has 2 aliphatic rings. The molecule has 2 heterocycles. The number of hydrogen-bond acceptors (Lipinski definition) is 4. The summed E-state index contributed by atoms with van der Waals surface area (Å²) in [6.07, 6.45) is -0.830. The standard InChI is InChI=1S/C12H18ClNO4S/c1-6(2)10(15)12-9(14-11(12)16)8(4-5-13)7(3)19(12,17)18/h6,9-10,15H,4-5H2,1-3H3,(H,14,16)/t9-,10-,12-/m0/s1. The highest BCUT2D eigenvalue weighted by Crippen LogP contribution is 2.50. The van der Waals surface area contributed by atoms with Gasteiger partial charge in [-0.1, -0.05) is 13.8 Å². The summed E-state index contributed by atoms with van der Waals surface area (Å²) in [4.78, 5) is 12.2. The number of allylic oxidation sites excluding steroid dienone is 1. The quantitative estimate of drug-likeness (QED) is 0.587. The number of amides is 1. The second-order valence-corrected chi connectivity index (χ2v) is 8.09. The SMILES string of the molecule is CC1=C(CCCl)[C@@H]2NC(=O)[C@]2([C@@H](O)C(C)C)S1(=O)=O. The lowest BCUT2D eigenvalue weighted by Crippen LogP contribution is -2.78. The largest absolute Gasteiger partial charge is 0.391 e. The van der Waals surface area contributed by atoms with Crippen LogP contribution in [-0.2, 0) is 14.6 Å². The summed E-state index contributed by atoms with van der Waals surface area (Å²) in [5, 5.41) is 12.9. The maximum absolute atomic E-state index is 12.6. The Morgan fingerprint density at radius 1 is 1.47 bits per heavy atom. The number of sulfone groups is 1. The molecule has 0 bridgehead atoms. The first-order chi connectivity index (χ1) is 8.72. The molecule has 2 aliphatic heterocycles. The molecule has 0 aromatic carbocycles. The van der Waals surface area contributed by atoms with Gasteiger partial charge in [0.05, 0.1) is 12.1 Å². The second kappa shape index (κ2) is 4.46. The third-order valence-corrected chi connectivity index (χ3v) is 6.95. The van der Waals surface area contributed by atoms with Crippen LogP contribution in [0.5, 0.6) is 0 Å². The smallest absolute Gasteiger partial charge is 0.247 e. The molecule has 0 saturated carbocycles. The highest BCUT2D eigenvalue weighted by Gasteiger charge is 2.73. The molecule has 0 radical (unpaired) electrons. The molecule has 108 valence electrons. The van der Waals surface area contributed by atoms with Gasteiger partial charge in [0.1, 0.15) is 0 Å². The normalized spacial score (nSPS) is 34.0. The molecule has 0 aromatic rings. The third-order valence-electron chi connectivity index (χ3n) is 4.14. The first-order valence-corrected chi connectivity index (χ1v) is 8.24. The number of carbonyl (C=O) groups is 1. The molecule has 1 amide bonds. The van der Waals surface area contributed by atoms with E-state index in [2.05, 4.69) is 5.32 Å². The number of nitrogens with one attached hydrogen (secondary N) is 1. The van der Waals surface area contributed by atoms with Gasteiger partial charge in [0, 0.05) is 10.8 Å². The van der Waals surface area contributed by atoms with E-state index in [4.69, 9.17) is 11.6 Å². The van der Waals surface area contributed by atoms with E-state index >= 15 is 0 Å². The minimum absolute atomic E-state index is 0.177. The van der Waals surface area contributed by atoms with Crippen molar-refractivity contribution in [1.82, 2.24) is 5.32 Å². The number of alkyl halides is 1. The van der Waals surface area contributed by atoms with E-state index in [1.54, 1.807) is 13.8 Å². The lowest BCUT2D eigenvalue weighted by molar-refractivity contribution is -0.137. The number of carbonyl (C=O) groups excluding carboxylic acids is 1. The van der Waals surface area contributed by atoms with Gasteiger partial charge >= 0.3 is 0 Å². The van der Waals surface area contributed by atoms with Gasteiger partial charge in [-0.3, -0.25) is 4.79 Å². The van der Waals surface area contributed by atoms with Gasteiger partial charge in [-0.2, -0.15) is 0 Å². The lowest BCUT2D eigenvalue weighted by atomic mass is 9.76. The van der Waals surface area contributed by atoms with Crippen LogP contribution < -0.4 is 5.32 Å². The Morgan fingerprint density at radius 2 is 2.05 bits per heavy atom. The zero-order chi connectivity index (χ0) is 14.6. The molecule has 19 heavy (non-hydrogen) atoms. The van der Waals surface area contributed by atoms with E-state index in [9.17, 15) is 18.3 Å². The van der Waals surface area contributed by atoms with Crippen LogP contribution in [0, 0.1) is 5.92 Å². The Labute approximate surface area is 117 Å². The van der Waals surface area contributed by atoms with Gasteiger partial charge in [-0.15, -0.1) is 11.6 Å². The maximum atomic E-state index is 12.6. The highest BCUT2D eigenvalue weighted by atomic mass is 35.5. The van der Waals surface area contributed by atoms with Gasteiger partial charge < -0.3 is 10.4 Å². The molecule has 5 nitrogen and oxygen atoms in total.